The van der Waals surface area contributed by atoms with E-state index in [0.717, 1.165) is 12.8 Å². The summed E-state index contributed by atoms with van der Waals surface area (Å²) < 4.78 is 16.3. The summed E-state index contributed by atoms with van der Waals surface area (Å²) in [5.74, 6) is -1.45. The van der Waals surface area contributed by atoms with Crippen LogP contribution in [0.3, 0.4) is 0 Å². The van der Waals surface area contributed by atoms with Crippen molar-refractivity contribution >= 4 is 11.9 Å². The second-order valence-corrected chi connectivity index (χ2v) is 6.37. The Morgan fingerprint density at radius 3 is 2.62 bits per heavy atom. The molecule has 0 aliphatic carbocycles. The maximum absolute atomic E-state index is 12.2. The number of hydrogen-bond donors (Lipinski definition) is 1. The Kier molecular flexibility index (Phi) is 7.72. The Balaban J connectivity index is 1.75. The van der Waals surface area contributed by atoms with Crippen molar-refractivity contribution in [1.29, 1.82) is 0 Å². The molecule has 1 N–H and O–H groups in total. The summed E-state index contributed by atoms with van der Waals surface area (Å²) in [5.41, 5.74) is 0. The highest BCUT2D eigenvalue weighted by Gasteiger charge is 2.39. The average Bonchev–Trinajstić information content (AvgIpc) is 3.17. The quantitative estimate of drug-likeness (QED) is 0.376. The van der Waals surface area contributed by atoms with E-state index >= 15 is 0 Å². The topological polar surface area (TPSA) is 73.9 Å². The number of allylic oxidation sites excluding steroid dienone is 2. The fraction of sp³-hybridized carbons (Fsp3) is 0.778. The Hall–Kier alpha value is -1.40. The first-order chi connectivity index (χ1) is 11.7. The van der Waals surface area contributed by atoms with E-state index in [-0.39, 0.29) is 18.3 Å². The number of rotatable bonds is 10. The van der Waals surface area contributed by atoms with E-state index in [0.29, 0.717) is 32.7 Å². The van der Waals surface area contributed by atoms with Crippen LogP contribution in [0.2, 0.25) is 0 Å². The highest BCUT2D eigenvalue weighted by molar-refractivity contribution is 5.85. The number of carbonyl (C=O) groups excluding carboxylic acids is 2. The summed E-state index contributed by atoms with van der Waals surface area (Å²) in [6.07, 6.45) is 11.2. The molecule has 0 aromatic carbocycles. The number of carbonyl (C=O) groups is 2. The molecule has 2 aliphatic heterocycles. The molecule has 1 atom stereocenters. The van der Waals surface area contributed by atoms with Gasteiger partial charge < -0.3 is 19.5 Å². The molecule has 0 saturated carbocycles. The molecule has 24 heavy (non-hydrogen) atoms. The standard InChI is InChI=1S/C18H29NO5/c1-2-3-4-5-6-7-8-10-18(23-12-13-24-18)14-16(20)19-15-9-11-22-17(15)21/h6-7,15H,2-5,8-14H2,1H3,(H,19,20)/t15-/m0/s1. The Morgan fingerprint density at radius 1 is 1.21 bits per heavy atom. The summed E-state index contributed by atoms with van der Waals surface area (Å²) in [7, 11) is 0. The number of cyclic esters (lactones) is 1. The van der Waals surface area contributed by atoms with Crippen LogP contribution >= 0.6 is 0 Å². The molecular weight excluding hydrogens is 310 g/mol. The highest BCUT2D eigenvalue weighted by Crippen LogP contribution is 2.29. The summed E-state index contributed by atoms with van der Waals surface area (Å²) in [5, 5.41) is 2.71. The van der Waals surface area contributed by atoms with Gasteiger partial charge in [-0.2, -0.15) is 0 Å². The van der Waals surface area contributed by atoms with Gasteiger partial charge in [0.15, 0.2) is 5.79 Å². The molecule has 0 spiro atoms. The minimum Gasteiger partial charge on any atom is -0.464 e. The fourth-order valence-corrected chi connectivity index (χ4v) is 3.00. The van der Waals surface area contributed by atoms with E-state index in [4.69, 9.17) is 14.2 Å². The van der Waals surface area contributed by atoms with Gasteiger partial charge in [-0.1, -0.05) is 31.9 Å². The Labute approximate surface area is 143 Å². The third-order valence-electron chi connectivity index (χ3n) is 4.35. The van der Waals surface area contributed by atoms with Gasteiger partial charge in [0.2, 0.25) is 5.91 Å². The highest BCUT2D eigenvalue weighted by atomic mass is 16.7. The SMILES string of the molecule is CCCCCC=CCCC1(CC(=O)N[C@H]2CCOC2=O)OCCO1. The zero-order valence-corrected chi connectivity index (χ0v) is 14.6. The first-order valence-electron chi connectivity index (χ1n) is 9.04. The number of esters is 1. The first kappa shape index (κ1) is 18.9. The zero-order chi connectivity index (χ0) is 17.3. The van der Waals surface area contributed by atoms with Crippen LogP contribution in [0, 0.1) is 0 Å². The van der Waals surface area contributed by atoms with Gasteiger partial charge in [-0.3, -0.25) is 4.79 Å². The molecule has 2 heterocycles. The summed E-state index contributed by atoms with van der Waals surface area (Å²) in [4.78, 5) is 23.7. The number of amides is 1. The van der Waals surface area contributed by atoms with Crippen LogP contribution in [-0.2, 0) is 23.8 Å². The van der Waals surface area contributed by atoms with Crippen molar-refractivity contribution in [3.8, 4) is 0 Å². The van der Waals surface area contributed by atoms with Crippen molar-refractivity contribution in [3.05, 3.63) is 12.2 Å². The van der Waals surface area contributed by atoms with Crippen LogP contribution in [0.15, 0.2) is 12.2 Å². The molecule has 1 amide bonds. The van der Waals surface area contributed by atoms with Crippen LogP contribution in [-0.4, -0.2) is 43.5 Å². The van der Waals surface area contributed by atoms with E-state index in [1.807, 2.05) is 0 Å². The molecule has 2 aliphatic rings. The summed E-state index contributed by atoms with van der Waals surface area (Å²) in [6.45, 7) is 3.56. The van der Waals surface area contributed by atoms with E-state index in [9.17, 15) is 9.59 Å². The van der Waals surface area contributed by atoms with Crippen molar-refractivity contribution in [1.82, 2.24) is 5.32 Å². The van der Waals surface area contributed by atoms with Gasteiger partial charge in [-0.15, -0.1) is 0 Å². The molecule has 0 aromatic heterocycles. The first-order valence-corrected chi connectivity index (χ1v) is 9.04. The van der Waals surface area contributed by atoms with E-state index in [1.165, 1.54) is 19.3 Å². The normalized spacial score (nSPS) is 22.9. The third-order valence-corrected chi connectivity index (χ3v) is 4.35. The van der Waals surface area contributed by atoms with Crippen LogP contribution < -0.4 is 5.32 Å². The zero-order valence-electron chi connectivity index (χ0n) is 14.6. The lowest BCUT2D eigenvalue weighted by atomic mass is 10.0. The Bertz CT molecular complexity index is 443. The Morgan fingerprint density at radius 2 is 1.96 bits per heavy atom. The third kappa shape index (κ3) is 5.91. The van der Waals surface area contributed by atoms with Gasteiger partial charge >= 0.3 is 5.97 Å². The second-order valence-electron chi connectivity index (χ2n) is 6.37. The predicted molar refractivity (Wildman–Crippen MR) is 89.3 cm³/mol. The molecule has 6 heteroatoms. The van der Waals surface area contributed by atoms with Crippen LogP contribution in [0.25, 0.3) is 0 Å². The number of ether oxygens (including phenoxy) is 3. The van der Waals surface area contributed by atoms with Crippen molar-refractivity contribution in [2.24, 2.45) is 0 Å². The van der Waals surface area contributed by atoms with Gasteiger partial charge in [0.05, 0.1) is 26.2 Å². The van der Waals surface area contributed by atoms with Gasteiger partial charge in [-0.05, 0) is 19.3 Å². The molecule has 6 nitrogen and oxygen atoms in total. The van der Waals surface area contributed by atoms with E-state index in [1.54, 1.807) is 0 Å². The molecule has 2 fully saturated rings. The van der Waals surface area contributed by atoms with Crippen LogP contribution in [0.4, 0.5) is 0 Å². The summed E-state index contributed by atoms with van der Waals surface area (Å²) in [6, 6.07) is -0.533. The maximum Gasteiger partial charge on any atom is 0.328 e. The number of nitrogens with one attached hydrogen (secondary N) is 1. The minimum atomic E-state index is -0.861. The van der Waals surface area contributed by atoms with Crippen molar-refractivity contribution < 1.29 is 23.8 Å². The average molecular weight is 339 g/mol. The smallest absolute Gasteiger partial charge is 0.328 e. The van der Waals surface area contributed by atoms with E-state index < -0.39 is 11.8 Å². The second kappa shape index (κ2) is 9.79. The van der Waals surface area contributed by atoms with Gasteiger partial charge in [0.25, 0.3) is 0 Å². The number of unbranched alkanes of at least 4 members (excludes halogenated alkanes) is 3. The molecule has 0 aromatic rings. The molecule has 0 radical (unpaired) electrons. The van der Waals surface area contributed by atoms with Gasteiger partial charge in [0, 0.05) is 12.8 Å². The van der Waals surface area contributed by atoms with Crippen molar-refractivity contribution in [2.75, 3.05) is 19.8 Å². The number of hydrogen-bond acceptors (Lipinski definition) is 5. The molecule has 0 bridgehead atoms. The molecule has 2 rings (SSSR count). The maximum atomic E-state index is 12.2. The molecule has 2 saturated heterocycles. The van der Waals surface area contributed by atoms with Crippen molar-refractivity contribution in [2.45, 2.75) is 70.1 Å². The van der Waals surface area contributed by atoms with E-state index in [2.05, 4.69) is 24.4 Å². The monoisotopic (exact) mass is 339 g/mol. The predicted octanol–water partition coefficient (Wildman–Crippen LogP) is 2.47. The van der Waals surface area contributed by atoms with Crippen LogP contribution in [0.1, 0.15) is 58.3 Å². The molecule has 0 unspecified atom stereocenters. The summed E-state index contributed by atoms with van der Waals surface area (Å²) >= 11 is 0. The lowest BCUT2D eigenvalue weighted by Gasteiger charge is -2.26. The fourth-order valence-electron chi connectivity index (χ4n) is 3.00. The molecular formula is C18H29NO5. The minimum absolute atomic E-state index is 0.112. The van der Waals surface area contributed by atoms with Crippen LogP contribution in [0.5, 0.6) is 0 Å². The largest absolute Gasteiger partial charge is 0.464 e. The lowest BCUT2D eigenvalue weighted by Crippen LogP contribution is -2.43. The molecule has 136 valence electrons. The van der Waals surface area contributed by atoms with Crippen molar-refractivity contribution in [3.63, 3.8) is 0 Å². The van der Waals surface area contributed by atoms with Gasteiger partial charge in [0.1, 0.15) is 6.04 Å². The lowest BCUT2D eigenvalue weighted by molar-refractivity contribution is -0.173. The van der Waals surface area contributed by atoms with Gasteiger partial charge in [-0.25, -0.2) is 4.79 Å².